The number of imide groups is 1. The Hall–Kier alpha value is -3.68. The molecule has 1 N–H and O–H groups in total. The average Bonchev–Trinajstić information content (AvgIpc) is 3.30. The molecule has 0 spiro atoms. The lowest BCUT2D eigenvalue weighted by Gasteiger charge is -2.41. The second-order valence-electron chi connectivity index (χ2n) is 8.37. The van der Waals surface area contributed by atoms with E-state index in [1.165, 1.54) is 4.90 Å². The van der Waals surface area contributed by atoms with Crippen LogP contribution in [0.15, 0.2) is 53.1 Å². The summed E-state index contributed by atoms with van der Waals surface area (Å²) in [5.41, 5.74) is 2.57. The van der Waals surface area contributed by atoms with Gasteiger partial charge in [0.25, 0.3) is 0 Å². The standard InChI is InChI=1S/C24H24N4O4/c1-14-6-8-15(9-7-14)21-26-22(32-27-21)16-10-11-19-20(12-16)25-24(30)28(23(19)29)17-4-3-5-18(13-17)31-2/h3-9,13,16,19-20H,10-12H2,1-2H3,(H,25,30). The molecule has 2 aromatic carbocycles. The summed E-state index contributed by atoms with van der Waals surface area (Å²) >= 11 is 0. The van der Waals surface area contributed by atoms with Gasteiger partial charge in [0.1, 0.15) is 5.75 Å². The van der Waals surface area contributed by atoms with Crippen molar-refractivity contribution in [3.8, 4) is 17.1 Å². The van der Waals surface area contributed by atoms with Crippen LogP contribution in [0.2, 0.25) is 0 Å². The Labute approximate surface area is 185 Å². The molecule has 3 amide bonds. The van der Waals surface area contributed by atoms with Gasteiger partial charge in [-0.05, 0) is 38.3 Å². The number of ether oxygens (including phenoxy) is 1. The summed E-state index contributed by atoms with van der Waals surface area (Å²) in [5.74, 6) is 1.23. The quantitative estimate of drug-likeness (QED) is 0.668. The van der Waals surface area contributed by atoms with Gasteiger partial charge in [0.05, 0.1) is 18.7 Å². The van der Waals surface area contributed by atoms with Gasteiger partial charge in [-0.15, -0.1) is 0 Å². The van der Waals surface area contributed by atoms with Crippen molar-refractivity contribution in [2.24, 2.45) is 5.92 Å². The zero-order valence-electron chi connectivity index (χ0n) is 17.9. The maximum atomic E-state index is 13.2. The Bertz CT molecular complexity index is 1160. The number of carbonyl (C=O) groups is 2. The summed E-state index contributed by atoms with van der Waals surface area (Å²) < 4.78 is 10.8. The summed E-state index contributed by atoms with van der Waals surface area (Å²) in [5, 5.41) is 7.15. The van der Waals surface area contributed by atoms with Crippen LogP contribution in [-0.4, -0.2) is 35.2 Å². The van der Waals surface area contributed by atoms with Crippen LogP contribution in [0.1, 0.15) is 36.6 Å². The molecule has 1 saturated carbocycles. The van der Waals surface area contributed by atoms with Crippen LogP contribution in [0, 0.1) is 12.8 Å². The number of amides is 3. The van der Waals surface area contributed by atoms with Crippen LogP contribution in [0.5, 0.6) is 5.75 Å². The Kier molecular flexibility index (Phi) is 5.13. The molecule has 1 aliphatic carbocycles. The van der Waals surface area contributed by atoms with Gasteiger partial charge >= 0.3 is 6.03 Å². The average molecular weight is 432 g/mol. The van der Waals surface area contributed by atoms with Gasteiger partial charge in [-0.2, -0.15) is 4.98 Å². The number of benzene rings is 2. The summed E-state index contributed by atoms with van der Waals surface area (Å²) in [6.45, 7) is 2.03. The number of hydrogen-bond acceptors (Lipinski definition) is 6. The highest BCUT2D eigenvalue weighted by Gasteiger charge is 2.46. The van der Waals surface area contributed by atoms with Gasteiger partial charge in [-0.1, -0.05) is 41.1 Å². The third-order valence-corrected chi connectivity index (χ3v) is 6.31. The van der Waals surface area contributed by atoms with E-state index in [-0.39, 0.29) is 23.8 Å². The van der Waals surface area contributed by atoms with E-state index >= 15 is 0 Å². The van der Waals surface area contributed by atoms with Crippen molar-refractivity contribution in [3.05, 3.63) is 60.0 Å². The molecule has 0 bridgehead atoms. The maximum absolute atomic E-state index is 13.2. The molecule has 1 aliphatic heterocycles. The lowest BCUT2D eigenvalue weighted by atomic mass is 9.76. The fourth-order valence-corrected chi connectivity index (χ4v) is 4.55. The molecule has 2 aliphatic rings. The molecule has 164 valence electrons. The third kappa shape index (κ3) is 3.62. The van der Waals surface area contributed by atoms with Gasteiger partial charge in [-0.25, -0.2) is 9.69 Å². The van der Waals surface area contributed by atoms with Crippen molar-refractivity contribution in [2.45, 2.75) is 38.1 Å². The lowest BCUT2D eigenvalue weighted by Crippen LogP contribution is -2.61. The molecule has 8 heteroatoms. The molecule has 5 rings (SSSR count). The van der Waals surface area contributed by atoms with Gasteiger partial charge < -0.3 is 14.6 Å². The molecular weight excluding hydrogens is 408 g/mol. The van der Waals surface area contributed by atoms with Crippen molar-refractivity contribution in [1.29, 1.82) is 0 Å². The minimum Gasteiger partial charge on any atom is -0.497 e. The van der Waals surface area contributed by atoms with E-state index in [0.717, 1.165) is 17.5 Å². The molecule has 32 heavy (non-hydrogen) atoms. The Morgan fingerprint density at radius 2 is 1.94 bits per heavy atom. The maximum Gasteiger partial charge on any atom is 0.328 e. The van der Waals surface area contributed by atoms with E-state index in [2.05, 4.69) is 15.5 Å². The van der Waals surface area contributed by atoms with Gasteiger partial charge in [0.15, 0.2) is 0 Å². The van der Waals surface area contributed by atoms with Crippen molar-refractivity contribution < 1.29 is 18.8 Å². The number of urea groups is 1. The number of carbonyl (C=O) groups excluding carboxylic acids is 2. The summed E-state index contributed by atoms with van der Waals surface area (Å²) in [6, 6.07) is 14.2. The summed E-state index contributed by atoms with van der Waals surface area (Å²) in [4.78, 5) is 31.8. The van der Waals surface area contributed by atoms with Gasteiger partial charge in [0.2, 0.25) is 17.6 Å². The van der Waals surface area contributed by atoms with Crippen LogP contribution in [-0.2, 0) is 4.79 Å². The number of aryl methyl sites for hydroxylation is 1. The highest BCUT2D eigenvalue weighted by atomic mass is 16.5. The number of anilines is 1. The first-order chi connectivity index (χ1) is 15.5. The minimum atomic E-state index is -0.420. The van der Waals surface area contributed by atoms with E-state index in [4.69, 9.17) is 9.26 Å². The molecule has 3 aromatic rings. The number of nitrogens with zero attached hydrogens (tertiary/aromatic N) is 3. The van der Waals surface area contributed by atoms with Crippen molar-refractivity contribution in [3.63, 3.8) is 0 Å². The predicted octanol–water partition coefficient (Wildman–Crippen LogP) is 4.06. The molecule has 8 nitrogen and oxygen atoms in total. The third-order valence-electron chi connectivity index (χ3n) is 6.31. The predicted molar refractivity (Wildman–Crippen MR) is 117 cm³/mol. The second kappa shape index (κ2) is 8.11. The zero-order valence-corrected chi connectivity index (χ0v) is 17.9. The van der Waals surface area contributed by atoms with Crippen LogP contribution < -0.4 is 15.0 Å². The van der Waals surface area contributed by atoms with Gasteiger partial charge in [-0.3, -0.25) is 4.79 Å². The van der Waals surface area contributed by atoms with Crippen molar-refractivity contribution in [1.82, 2.24) is 15.5 Å². The van der Waals surface area contributed by atoms with E-state index in [1.807, 2.05) is 31.2 Å². The Morgan fingerprint density at radius 3 is 2.72 bits per heavy atom. The summed E-state index contributed by atoms with van der Waals surface area (Å²) in [7, 11) is 1.55. The second-order valence-corrected chi connectivity index (χ2v) is 8.37. The monoisotopic (exact) mass is 432 g/mol. The van der Waals surface area contributed by atoms with E-state index in [9.17, 15) is 9.59 Å². The molecule has 2 heterocycles. The molecule has 3 unspecified atom stereocenters. The minimum absolute atomic E-state index is 0.000539. The van der Waals surface area contributed by atoms with E-state index in [0.29, 0.717) is 36.0 Å². The lowest BCUT2D eigenvalue weighted by molar-refractivity contribution is -0.124. The highest BCUT2D eigenvalue weighted by Crippen LogP contribution is 2.39. The molecule has 2 fully saturated rings. The van der Waals surface area contributed by atoms with Crippen molar-refractivity contribution >= 4 is 17.6 Å². The van der Waals surface area contributed by atoms with Crippen molar-refractivity contribution in [2.75, 3.05) is 12.0 Å². The summed E-state index contributed by atoms with van der Waals surface area (Å²) in [6.07, 6.45) is 1.96. The Balaban J connectivity index is 1.32. The van der Waals surface area contributed by atoms with Crippen LogP contribution in [0.25, 0.3) is 11.4 Å². The normalized spacial score (nSPS) is 22.9. The molecular formula is C24H24N4O4. The largest absolute Gasteiger partial charge is 0.497 e. The number of methoxy groups -OCH3 is 1. The fourth-order valence-electron chi connectivity index (χ4n) is 4.55. The first-order valence-corrected chi connectivity index (χ1v) is 10.7. The first-order valence-electron chi connectivity index (χ1n) is 10.7. The van der Waals surface area contributed by atoms with E-state index in [1.54, 1.807) is 31.4 Å². The number of aromatic nitrogens is 2. The number of rotatable bonds is 4. The van der Waals surface area contributed by atoms with Crippen LogP contribution in [0.3, 0.4) is 0 Å². The molecule has 0 radical (unpaired) electrons. The van der Waals surface area contributed by atoms with Crippen LogP contribution >= 0.6 is 0 Å². The molecule has 1 aromatic heterocycles. The SMILES string of the molecule is COc1cccc(N2C(=O)NC3CC(c4nc(-c5ccc(C)cc5)no4)CCC3C2=O)c1. The number of fused-ring (bicyclic) bond motifs is 1. The Morgan fingerprint density at radius 1 is 1.12 bits per heavy atom. The first kappa shape index (κ1) is 20.2. The molecule has 1 saturated heterocycles. The molecule has 3 atom stereocenters. The van der Waals surface area contributed by atoms with Crippen LogP contribution in [0.4, 0.5) is 10.5 Å². The highest BCUT2D eigenvalue weighted by molar-refractivity contribution is 6.17. The number of hydrogen-bond donors (Lipinski definition) is 1. The number of nitrogens with one attached hydrogen (secondary N) is 1. The van der Waals surface area contributed by atoms with Gasteiger partial charge in [0, 0.05) is 23.6 Å². The topological polar surface area (TPSA) is 97.6 Å². The van der Waals surface area contributed by atoms with E-state index < -0.39 is 6.03 Å². The zero-order chi connectivity index (χ0) is 22.2. The fraction of sp³-hybridized carbons (Fsp3) is 0.333. The smallest absolute Gasteiger partial charge is 0.328 e.